The summed E-state index contributed by atoms with van der Waals surface area (Å²) in [6, 6.07) is 33.2. The van der Waals surface area contributed by atoms with Gasteiger partial charge in [0, 0.05) is 30.3 Å². The molecule has 2 N–H and O–H groups in total. The Hall–Kier alpha value is -3.52. The molecule has 0 aliphatic carbocycles. The SMILES string of the molecule is CC(=CCC1Sc2ccc(-c3ccccc3)cc2N1CCCS(=O)(=O)O)CCc1sc2ccc(-c3ccccc3)cc2[n+]1CCCS(=O)(=O)O. The molecule has 12 heteroatoms. The summed E-state index contributed by atoms with van der Waals surface area (Å²) in [5.41, 5.74) is 7.78. The number of nitrogens with zero attached hydrogens (tertiary/aromatic N) is 2. The molecule has 6 rings (SSSR count). The molecule has 1 aliphatic heterocycles. The van der Waals surface area contributed by atoms with Gasteiger partial charge in [0.1, 0.15) is 4.70 Å². The summed E-state index contributed by atoms with van der Waals surface area (Å²) in [5, 5.41) is 1.23. The number of hydrogen-bond acceptors (Lipinski definition) is 7. The van der Waals surface area contributed by atoms with Gasteiger partial charge in [-0.25, -0.2) is 0 Å². The van der Waals surface area contributed by atoms with Crippen molar-refractivity contribution in [3.8, 4) is 22.3 Å². The van der Waals surface area contributed by atoms with E-state index >= 15 is 0 Å². The van der Waals surface area contributed by atoms with E-state index in [0.717, 1.165) is 67.3 Å². The van der Waals surface area contributed by atoms with Gasteiger partial charge in [-0.15, -0.1) is 0 Å². The molecule has 0 bridgehead atoms. The predicted octanol–water partition coefficient (Wildman–Crippen LogP) is 8.29. The lowest BCUT2D eigenvalue weighted by atomic mass is 10.0. The number of aromatic nitrogens is 1. The Kier molecular flexibility index (Phi) is 11.5. The topological polar surface area (TPSA) is 116 Å². The Morgan fingerprint density at radius 3 is 2.08 bits per heavy atom. The van der Waals surface area contributed by atoms with E-state index in [1.54, 1.807) is 23.1 Å². The highest BCUT2D eigenvalue weighted by Gasteiger charge is 2.30. The minimum atomic E-state index is -4.06. The fourth-order valence-corrected chi connectivity index (χ4v) is 9.79. The Morgan fingerprint density at radius 2 is 1.42 bits per heavy atom. The minimum absolute atomic E-state index is 0.0819. The van der Waals surface area contributed by atoms with Crippen molar-refractivity contribution in [1.82, 2.24) is 0 Å². The van der Waals surface area contributed by atoms with Gasteiger partial charge in [0.25, 0.3) is 20.2 Å². The van der Waals surface area contributed by atoms with Crippen LogP contribution >= 0.6 is 23.1 Å². The van der Waals surface area contributed by atoms with E-state index in [-0.39, 0.29) is 16.9 Å². The average molecular weight is 750 g/mol. The number of anilines is 1. The molecule has 1 unspecified atom stereocenters. The lowest BCUT2D eigenvalue weighted by Crippen LogP contribution is -2.37. The van der Waals surface area contributed by atoms with Crippen LogP contribution in [0.3, 0.4) is 0 Å². The van der Waals surface area contributed by atoms with Crippen molar-refractivity contribution in [3.05, 3.63) is 114 Å². The van der Waals surface area contributed by atoms with Crippen LogP contribution in [-0.4, -0.2) is 49.4 Å². The van der Waals surface area contributed by atoms with Crippen molar-refractivity contribution in [2.24, 2.45) is 0 Å². The summed E-state index contributed by atoms with van der Waals surface area (Å²) in [7, 11) is -8.11. The van der Waals surface area contributed by atoms with E-state index in [2.05, 4.69) is 83.1 Å². The zero-order chi connectivity index (χ0) is 35.3. The number of hydrogen-bond donors (Lipinski definition) is 2. The van der Waals surface area contributed by atoms with Crippen LogP contribution in [0, 0.1) is 0 Å². The number of aryl methyl sites for hydroxylation is 2. The normalized spacial score (nSPS) is 15.1. The molecule has 2 heterocycles. The van der Waals surface area contributed by atoms with Crippen LogP contribution in [-0.2, 0) is 33.2 Å². The van der Waals surface area contributed by atoms with Crippen molar-refractivity contribution in [1.29, 1.82) is 0 Å². The van der Waals surface area contributed by atoms with Gasteiger partial charge < -0.3 is 4.90 Å². The number of rotatable bonds is 15. The second-order valence-corrected chi connectivity index (χ2v) is 18.1. The highest BCUT2D eigenvalue weighted by Crippen LogP contribution is 2.46. The molecule has 50 heavy (non-hydrogen) atoms. The second kappa shape index (κ2) is 15.8. The van der Waals surface area contributed by atoms with Crippen LogP contribution in [0.5, 0.6) is 0 Å². The third kappa shape index (κ3) is 9.42. The summed E-state index contributed by atoms with van der Waals surface area (Å²) < 4.78 is 68.2. The zero-order valence-corrected chi connectivity index (χ0v) is 31.1. The van der Waals surface area contributed by atoms with E-state index in [1.807, 2.05) is 36.4 Å². The third-order valence-corrected chi connectivity index (χ3v) is 13.0. The number of allylic oxidation sites excluding steroid dienone is 1. The van der Waals surface area contributed by atoms with Crippen molar-refractivity contribution in [3.63, 3.8) is 0 Å². The van der Waals surface area contributed by atoms with E-state index in [4.69, 9.17) is 0 Å². The molecule has 0 saturated carbocycles. The van der Waals surface area contributed by atoms with Gasteiger partial charge in [0.15, 0.2) is 6.54 Å². The number of thiazole rings is 1. The first-order chi connectivity index (χ1) is 23.9. The van der Waals surface area contributed by atoms with Gasteiger partial charge in [0.05, 0.1) is 22.6 Å². The van der Waals surface area contributed by atoms with E-state index in [1.165, 1.54) is 5.57 Å². The van der Waals surface area contributed by atoms with Crippen LogP contribution in [0.4, 0.5) is 5.69 Å². The molecule has 1 aromatic heterocycles. The largest absolute Gasteiger partial charge is 0.358 e. The fourth-order valence-electron chi connectivity index (χ4n) is 6.36. The lowest BCUT2D eigenvalue weighted by molar-refractivity contribution is -0.674. The maximum atomic E-state index is 11.5. The van der Waals surface area contributed by atoms with Gasteiger partial charge in [-0.1, -0.05) is 108 Å². The molecule has 0 spiro atoms. The van der Waals surface area contributed by atoms with Gasteiger partial charge in [-0.05, 0) is 66.6 Å². The van der Waals surface area contributed by atoms with Crippen molar-refractivity contribution in [2.45, 2.75) is 55.8 Å². The van der Waals surface area contributed by atoms with Crippen LogP contribution in [0.1, 0.15) is 37.6 Å². The van der Waals surface area contributed by atoms with Gasteiger partial charge >= 0.3 is 0 Å². The number of benzene rings is 4. The number of fused-ring (bicyclic) bond motifs is 2. The highest BCUT2D eigenvalue weighted by atomic mass is 32.2. The summed E-state index contributed by atoms with van der Waals surface area (Å²) in [6.07, 6.45) is 5.27. The Bertz CT molecular complexity index is 2200. The van der Waals surface area contributed by atoms with Crippen molar-refractivity contribution >= 4 is 59.2 Å². The van der Waals surface area contributed by atoms with Gasteiger partial charge in [-0.2, -0.15) is 21.4 Å². The average Bonchev–Trinajstić information content (AvgIpc) is 3.62. The Balaban J connectivity index is 1.19. The molecule has 1 aliphatic rings. The Labute approximate surface area is 303 Å². The molecular formula is C38H41N2O6S4+. The molecule has 0 radical (unpaired) electrons. The van der Waals surface area contributed by atoms with Crippen molar-refractivity contribution in [2.75, 3.05) is 23.0 Å². The quantitative estimate of drug-likeness (QED) is 0.0625. The second-order valence-electron chi connectivity index (χ2n) is 12.6. The zero-order valence-electron chi connectivity index (χ0n) is 27.8. The molecule has 1 atom stereocenters. The van der Waals surface area contributed by atoms with Crippen LogP contribution in [0.15, 0.2) is 114 Å². The molecule has 8 nitrogen and oxygen atoms in total. The van der Waals surface area contributed by atoms with E-state index < -0.39 is 20.2 Å². The van der Waals surface area contributed by atoms with Crippen LogP contribution in [0.25, 0.3) is 32.5 Å². The first-order valence-electron chi connectivity index (χ1n) is 16.6. The Morgan fingerprint density at radius 1 is 0.800 bits per heavy atom. The molecule has 0 amide bonds. The monoisotopic (exact) mass is 749 g/mol. The van der Waals surface area contributed by atoms with Gasteiger partial charge in [-0.3, -0.25) is 9.11 Å². The third-order valence-electron chi connectivity index (χ3n) is 8.86. The van der Waals surface area contributed by atoms with Crippen molar-refractivity contribution < 1.29 is 30.5 Å². The molecule has 262 valence electrons. The molecule has 5 aromatic rings. The summed E-state index contributed by atoms with van der Waals surface area (Å²) in [6.45, 7) is 3.12. The van der Waals surface area contributed by atoms with E-state index in [0.29, 0.717) is 25.9 Å². The molecular weight excluding hydrogens is 709 g/mol. The first kappa shape index (κ1) is 36.3. The number of thioether (sulfide) groups is 1. The lowest BCUT2D eigenvalue weighted by Gasteiger charge is -2.26. The maximum absolute atomic E-state index is 11.5. The first-order valence-corrected chi connectivity index (χ1v) is 21.5. The van der Waals surface area contributed by atoms with E-state index in [9.17, 15) is 25.9 Å². The molecule has 0 saturated heterocycles. The smallest absolute Gasteiger partial charge is 0.265 e. The molecule has 4 aromatic carbocycles. The maximum Gasteiger partial charge on any atom is 0.265 e. The predicted molar refractivity (Wildman–Crippen MR) is 205 cm³/mol. The van der Waals surface area contributed by atoms with Crippen LogP contribution < -0.4 is 9.47 Å². The highest BCUT2D eigenvalue weighted by molar-refractivity contribution is 8.00. The summed E-state index contributed by atoms with van der Waals surface area (Å²) in [4.78, 5) is 3.42. The summed E-state index contributed by atoms with van der Waals surface area (Å²) in [5.74, 6) is -0.571. The fraction of sp³-hybridized carbons (Fsp3) is 0.289. The van der Waals surface area contributed by atoms with Crippen LogP contribution in [0.2, 0.25) is 0 Å². The summed E-state index contributed by atoms with van der Waals surface area (Å²) >= 11 is 3.49. The molecule has 0 fully saturated rings. The standard InChI is InChI=1S/C38H40N2O6S4/c1-28(14-20-37-39(22-8-24-49(41,42)43)33-26-31(16-18-35(33)47-37)29-10-4-2-5-11-29)15-21-38-40(23-9-25-50(44,45)46)34-27-32(17-19-36(34)48-38)30-12-6-3-7-13-30/h2-7,10-14,16-19,26-27,37H,8-9,15,20-25H2,1H3,(H-,41,42,43,44,45,46)/p+1. The minimum Gasteiger partial charge on any atom is -0.358 e. The van der Waals surface area contributed by atoms with Gasteiger partial charge in [0.2, 0.25) is 10.5 Å².